The van der Waals surface area contributed by atoms with Crippen molar-refractivity contribution >= 4 is 76.9 Å². The molecule has 0 heterocycles. The summed E-state index contributed by atoms with van der Waals surface area (Å²) in [6.07, 6.45) is 1.00. The lowest BCUT2D eigenvalue weighted by atomic mass is 10.1. The molecule has 0 aliphatic rings. The highest BCUT2D eigenvalue weighted by Gasteiger charge is 2.32. The van der Waals surface area contributed by atoms with Crippen LogP contribution in [-0.4, -0.2) is 162 Å². The smallest absolute Gasteiger partial charge is 0.326 e. The molecule has 29 heteroatoms. The number of nitrogens with two attached hydrogens (primary N) is 5. The first kappa shape index (κ1) is 61.8. The van der Waals surface area contributed by atoms with Gasteiger partial charge in [0.15, 0.2) is 5.96 Å². The van der Waals surface area contributed by atoms with Gasteiger partial charge in [0, 0.05) is 6.54 Å². The Bertz CT molecular complexity index is 1880. The maximum absolute atomic E-state index is 13.2. The summed E-state index contributed by atoms with van der Waals surface area (Å²) in [4.78, 5) is 155. The van der Waals surface area contributed by atoms with Crippen LogP contribution in [0.4, 0.5) is 0 Å². The second-order valence-electron chi connectivity index (χ2n) is 16.3. The van der Waals surface area contributed by atoms with Crippen LogP contribution >= 0.6 is 0 Å². The lowest BCUT2D eigenvalue weighted by Gasteiger charge is -2.24. The number of hydrogen-bond acceptors (Lipinski definition) is 15. The summed E-state index contributed by atoms with van der Waals surface area (Å²) < 4.78 is 0. The van der Waals surface area contributed by atoms with Gasteiger partial charge in [-0.25, -0.2) is 4.79 Å². The predicted octanol–water partition coefficient (Wildman–Crippen LogP) is -7.54. The van der Waals surface area contributed by atoms with E-state index in [9.17, 15) is 62.6 Å². The van der Waals surface area contributed by atoms with E-state index in [0.717, 1.165) is 0 Å². The maximum Gasteiger partial charge on any atom is 0.326 e. The van der Waals surface area contributed by atoms with E-state index in [1.807, 2.05) is 0 Å². The molecule has 69 heavy (non-hydrogen) atoms. The van der Waals surface area contributed by atoms with Crippen LogP contribution in [0.5, 0.6) is 0 Å². The zero-order valence-electron chi connectivity index (χ0n) is 40.2. The van der Waals surface area contributed by atoms with Crippen molar-refractivity contribution in [1.82, 2.24) is 53.2 Å². The van der Waals surface area contributed by atoms with Gasteiger partial charge in [0.25, 0.3) is 0 Å². The Morgan fingerprint density at radius 2 is 0.725 bits per heavy atom. The monoisotopic (exact) mass is 985 g/mol. The van der Waals surface area contributed by atoms with E-state index in [-0.39, 0.29) is 25.3 Å². The number of nitrogens with zero attached hydrogens (tertiary/aromatic N) is 1. The zero-order valence-corrected chi connectivity index (χ0v) is 40.2. The quantitative estimate of drug-likeness (QED) is 0.0174. The van der Waals surface area contributed by atoms with Crippen molar-refractivity contribution in [3.63, 3.8) is 0 Å². The minimum atomic E-state index is -1.65. The number of rotatable bonds is 31. The highest BCUT2D eigenvalue weighted by atomic mass is 16.4. The molecule has 29 nitrogen and oxygen atoms in total. The number of carboxylic acids is 1. The Hall–Kier alpha value is -7.17. The number of aliphatic imine (C=N–C) groups is 1. The van der Waals surface area contributed by atoms with Gasteiger partial charge in [0.2, 0.25) is 65.0 Å². The summed E-state index contributed by atoms with van der Waals surface area (Å²) in [5.41, 5.74) is 27.1. The summed E-state index contributed by atoms with van der Waals surface area (Å²) in [5.74, 6) is -10.8. The number of primary amides is 1. The number of aliphatic carboxylic acids is 1. The molecular weight excluding hydrogens is 913 g/mol. The van der Waals surface area contributed by atoms with Crippen molar-refractivity contribution in [3.05, 3.63) is 0 Å². The lowest BCUT2D eigenvalue weighted by Crippen LogP contribution is -2.59. The van der Waals surface area contributed by atoms with Gasteiger partial charge in [0.05, 0.1) is 12.5 Å². The van der Waals surface area contributed by atoms with Crippen LogP contribution in [0.3, 0.4) is 0 Å². The highest BCUT2D eigenvalue weighted by molar-refractivity contribution is 5.99. The van der Waals surface area contributed by atoms with Crippen LogP contribution in [0.2, 0.25) is 0 Å². The summed E-state index contributed by atoms with van der Waals surface area (Å²) in [6.45, 7) is 10.9. The molecule has 0 aliphatic heterocycles. The Labute approximate surface area is 399 Å². The maximum atomic E-state index is 13.2. The molecule has 0 unspecified atom stereocenters. The van der Waals surface area contributed by atoms with Gasteiger partial charge in [-0.05, 0) is 94.0 Å². The second kappa shape index (κ2) is 31.0. The molecule has 0 saturated heterocycles. The molecule has 0 aromatic rings. The van der Waals surface area contributed by atoms with Gasteiger partial charge in [0.1, 0.15) is 60.4 Å². The first-order chi connectivity index (χ1) is 32.0. The fourth-order valence-corrected chi connectivity index (χ4v) is 5.59. The first-order valence-corrected chi connectivity index (χ1v) is 22.1. The third kappa shape index (κ3) is 24.4. The molecule has 390 valence electrons. The second-order valence-corrected chi connectivity index (χ2v) is 16.3. The Morgan fingerprint density at radius 3 is 1.03 bits per heavy atom. The lowest BCUT2D eigenvalue weighted by molar-refractivity contribution is -0.142. The third-order valence-corrected chi connectivity index (χ3v) is 9.92. The van der Waals surface area contributed by atoms with Crippen molar-refractivity contribution in [2.24, 2.45) is 33.7 Å². The van der Waals surface area contributed by atoms with Gasteiger partial charge in [-0.2, -0.15) is 0 Å². The van der Waals surface area contributed by atoms with Crippen LogP contribution in [0.15, 0.2) is 4.99 Å². The Kier molecular flexibility index (Phi) is 27.8. The van der Waals surface area contributed by atoms with Crippen molar-refractivity contribution < 1.29 is 62.6 Å². The van der Waals surface area contributed by atoms with Gasteiger partial charge in [-0.1, -0.05) is 0 Å². The molecule has 0 bridgehead atoms. The number of unbranched alkanes of at least 4 members (excludes halogenated alkanes) is 1. The molecule has 21 N–H and O–H groups in total. The average Bonchev–Trinajstić information content (AvgIpc) is 3.26. The molecule has 0 aromatic heterocycles. The van der Waals surface area contributed by atoms with Crippen molar-refractivity contribution in [3.8, 4) is 0 Å². The molecular formula is C40H72N16O13. The number of guanidine groups is 1. The number of carbonyl (C=O) groups excluding carboxylic acids is 11. The number of amides is 11. The van der Waals surface area contributed by atoms with Crippen LogP contribution in [0.25, 0.3) is 0 Å². The summed E-state index contributed by atoms with van der Waals surface area (Å²) >= 11 is 0. The van der Waals surface area contributed by atoms with Crippen molar-refractivity contribution in [2.45, 2.75) is 160 Å². The first-order valence-electron chi connectivity index (χ1n) is 22.1. The Balaban J connectivity index is 5.20. The average molecular weight is 985 g/mol. The molecule has 0 spiro atoms. The topological polar surface area (TPSA) is 488 Å². The van der Waals surface area contributed by atoms with Crippen LogP contribution < -0.4 is 81.8 Å². The van der Waals surface area contributed by atoms with E-state index in [1.54, 1.807) is 0 Å². The molecule has 0 aliphatic carbocycles. The van der Waals surface area contributed by atoms with Gasteiger partial charge in [-0.3, -0.25) is 57.7 Å². The highest BCUT2D eigenvalue weighted by Crippen LogP contribution is 2.03. The fraction of sp³-hybridized carbons (Fsp3) is 0.675. The molecule has 11 amide bonds. The Morgan fingerprint density at radius 1 is 0.420 bits per heavy atom. The molecule has 0 aromatic carbocycles. The van der Waals surface area contributed by atoms with E-state index in [2.05, 4.69) is 58.2 Å². The number of carboxylic acid groups (broad SMARTS) is 1. The minimum Gasteiger partial charge on any atom is -0.480 e. The van der Waals surface area contributed by atoms with E-state index in [4.69, 9.17) is 28.7 Å². The normalized spacial score (nSPS) is 15.6. The fourth-order valence-electron chi connectivity index (χ4n) is 5.59. The molecule has 0 saturated carbocycles. The van der Waals surface area contributed by atoms with Gasteiger partial charge >= 0.3 is 5.97 Å². The molecule has 11 atom stereocenters. The van der Waals surface area contributed by atoms with Crippen LogP contribution in [0.1, 0.15) is 93.9 Å². The summed E-state index contributed by atoms with van der Waals surface area (Å²) in [7, 11) is 0. The molecule has 0 rings (SSSR count). The van der Waals surface area contributed by atoms with Gasteiger partial charge < -0.3 is 86.9 Å². The predicted molar refractivity (Wildman–Crippen MR) is 247 cm³/mol. The minimum absolute atomic E-state index is 0.109. The molecule has 0 fully saturated rings. The summed E-state index contributed by atoms with van der Waals surface area (Å²) in [5, 5.41) is 32.9. The summed E-state index contributed by atoms with van der Waals surface area (Å²) in [6, 6.07) is -13.8. The molecule has 0 radical (unpaired) electrons. The van der Waals surface area contributed by atoms with Crippen LogP contribution in [0, 0.1) is 0 Å². The zero-order chi connectivity index (χ0) is 53.3. The van der Waals surface area contributed by atoms with Crippen LogP contribution in [-0.2, 0) is 57.5 Å². The van der Waals surface area contributed by atoms with E-state index in [0.29, 0.717) is 25.8 Å². The van der Waals surface area contributed by atoms with Crippen molar-refractivity contribution in [1.29, 1.82) is 0 Å². The van der Waals surface area contributed by atoms with E-state index in [1.165, 1.54) is 55.4 Å². The standard InChI is InChI=1S/C40H72N16O13/c1-17(49-33(62)21(5)53-37(66)25(42)12-11-15-46-40(44)45)29(58)48-20(4)32(61)52-24(8)36(65)56-27(16-28(43)57)38(67)54-22(6)34(63)50-18(2)30(59)47-19(3)31(60)51-23(7)35(64)55-26(39(68)69)13-9-10-14-41/h17-27H,9-16,41-42H2,1-8H3,(H2,43,57)(H,47,59)(H,48,58)(H,49,62)(H,50,63)(H,51,60)(H,52,61)(H,53,66)(H,54,67)(H,55,64)(H,56,65)(H,68,69)(H4,44,45,46)/t17-,18-,19-,20-,21-,22-,23-,24-,25-,26-,27-/m0/s1. The SMILES string of the molecule is C[C@H](NC(=O)[C@H](C)NC(=O)[C@H](C)NC(=O)[C@H](CC(N)=O)NC(=O)[C@H](C)NC(=O)[C@H](C)NC(=O)[C@H](C)NC(=O)[C@H](C)NC(=O)[C@@H](N)CCCN=C(N)N)C(=O)N[C@@H](C)C(=O)N[C@@H](CCCCN)C(=O)O. The number of hydrogen-bond donors (Lipinski definition) is 16. The van der Waals surface area contributed by atoms with Gasteiger partial charge in [-0.15, -0.1) is 0 Å². The largest absolute Gasteiger partial charge is 0.480 e. The number of nitrogens with one attached hydrogen (secondary N) is 10. The number of carbonyl (C=O) groups is 12. The van der Waals surface area contributed by atoms with E-state index < -0.39 is 144 Å². The third-order valence-electron chi connectivity index (χ3n) is 9.92. The van der Waals surface area contributed by atoms with Crippen molar-refractivity contribution in [2.75, 3.05) is 13.1 Å². The van der Waals surface area contributed by atoms with E-state index >= 15 is 0 Å².